The zero-order valence-electron chi connectivity index (χ0n) is 7.68. The minimum absolute atomic E-state index is 0.857. The van der Waals surface area contributed by atoms with Gasteiger partial charge in [0.2, 0.25) is 0 Å². The average molecular weight is 252 g/mol. The van der Waals surface area contributed by atoms with Crippen molar-refractivity contribution in [1.29, 1.82) is 0 Å². The molecule has 71 valence electrons. The third-order valence-corrected chi connectivity index (χ3v) is 2.59. The second kappa shape index (κ2) is 3.86. The third kappa shape index (κ3) is 1.67. The standard InChI is InChI=1S/C10H9N2OSe/c1-13-9-4-2-8(3-5-9)12-7-6-11-10(12)14/h2-7H,1H3. The van der Waals surface area contributed by atoms with Crippen LogP contribution in [0.25, 0.3) is 5.69 Å². The molecule has 0 fully saturated rings. The number of methoxy groups -OCH3 is 1. The summed E-state index contributed by atoms with van der Waals surface area (Å²) in [5.74, 6) is 0.857. The minimum atomic E-state index is 0.857. The summed E-state index contributed by atoms with van der Waals surface area (Å²) in [5.41, 5.74) is 1.07. The molecule has 0 saturated heterocycles. The van der Waals surface area contributed by atoms with Gasteiger partial charge < -0.3 is 0 Å². The van der Waals surface area contributed by atoms with Crippen LogP contribution in [0.2, 0.25) is 0 Å². The van der Waals surface area contributed by atoms with Crippen molar-refractivity contribution >= 4 is 20.7 Å². The molecule has 2 rings (SSSR count). The molecular formula is C10H9N2OSe. The van der Waals surface area contributed by atoms with Crippen LogP contribution in [0.4, 0.5) is 0 Å². The van der Waals surface area contributed by atoms with Crippen LogP contribution in [0.15, 0.2) is 36.7 Å². The van der Waals surface area contributed by atoms with Gasteiger partial charge in [0, 0.05) is 0 Å². The molecule has 0 atom stereocenters. The van der Waals surface area contributed by atoms with Crippen LogP contribution in [-0.4, -0.2) is 32.7 Å². The third-order valence-electron chi connectivity index (χ3n) is 1.96. The van der Waals surface area contributed by atoms with Crippen molar-refractivity contribution < 1.29 is 4.74 Å². The summed E-state index contributed by atoms with van der Waals surface area (Å²) in [6, 6.07) is 7.83. The number of imidazole rings is 1. The molecule has 1 heterocycles. The molecule has 1 radical (unpaired) electrons. The fourth-order valence-electron chi connectivity index (χ4n) is 1.23. The fraction of sp³-hybridized carbons (Fsp3) is 0.100. The molecule has 0 saturated carbocycles. The molecule has 2 aromatic rings. The Labute approximate surface area is 90.5 Å². The Morgan fingerprint density at radius 1 is 1.29 bits per heavy atom. The van der Waals surface area contributed by atoms with Crippen LogP contribution in [0, 0.1) is 0 Å². The van der Waals surface area contributed by atoms with Crippen molar-refractivity contribution in [1.82, 2.24) is 9.55 Å². The van der Waals surface area contributed by atoms with Crippen molar-refractivity contribution in [3.05, 3.63) is 36.7 Å². The topological polar surface area (TPSA) is 27.1 Å². The van der Waals surface area contributed by atoms with Gasteiger partial charge in [0.15, 0.2) is 0 Å². The molecule has 0 aliphatic rings. The van der Waals surface area contributed by atoms with E-state index >= 15 is 0 Å². The number of aromatic nitrogens is 2. The monoisotopic (exact) mass is 253 g/mol. The summed E-state index contributed by atoms with van der Waals surface area (Å²) in [6.45, 7) is 0. The van der Waals surface area contributed by atoms with Crippen molar-refractivity contribution in [2.24, 2.45) is 0 Å². The second-order valence-electron chi connectivity index (χ2n) is 2.78. The molecule has 0 unspecified atom stereocenters. The maximum absolute atomic E-state index is 5.08. The molecule has 0 amide bonds. The van der Waals surface area contributed by atoms with E-state index in [2.05, 4.69) is 21.0 Å². The molecule has 0 aliphatic heterocycles. The quantitative estimate of drug-likeness (QED) is 0.735. The van der Waals surface area contributed by atoms with Gasteiger partial charge in [-0.1, -0.05) is 0 Å². The Balaban J connectivity index is 2.39. The maximum atomic E-state index is 5.08. The van der Waals surface area contributed by atoms with Crippen molar-refractivity contribution in [3.8, 4) is 11.4 Å². The molecule has 0 aliphatic carbocycles. The van der Waals surface area contributed by atoms with E-state index in [0.29, 0.717) is 0 Å². The molecule has 14 heavy (non-hydrogen) atoms. The first kappa shape index (κ1) is 9.31. The fourth-order valence-corrected chi connectivity index (χ4v) is 1.71. The molecule has 1 aromatic heterocycles. The molecule has 1 aromatic carbocycles. The summed E-state index contributed by atoms with van der Waals surface area (Å²) in [6.07, 6.45) is 3.67. The first-order valence-corrected chi connectivity index (χ1v) is 5.01. The second-order valence-corrected chi connectivity index (χ2v) is 3.54. The van der Waals surface area contributed by atoms with Crippen molar-refractivity contribution in [3.63, 3.8) is 0 Å². The Bertz CT molecular complexity index is 422. The normalized spacial score (nSPS) is 10.1. The van der Waals surface area contributed by atoms with Gasteiger partial charge in [-0.2, -0.15) is 0 Å². The average Bonchev–Trinajstić information content (AvgIpc) is 2.65. The van der Waals surface area contributed by atoms with E-state index in [9.17, 15) is 0 Å². The predicted molar refractivity (Wildman–Crippen MR) is 55.5 cm³/mol. The number of hydrogen-bond acceptors (Lipinski definition) is 2. The summed E-state index contributed by atoms with van der Waals surface area (Å²) >= 11 is 2.90. The van der Waals surface area contributed by atoms with E-state index in [1.165, 1.54) is 0 Å². The van der Waals surface area contributed by atoms with Gasteiger partial charge in [-0.15, -0.1) is 0 Å². The summed E-state index contributed by atoms with van der Waals surface area (Å²) in [4.78, 5) is 4.11. The van der Waals surface area contributed by atoms with Crippen LogP contribution in [0.1, 0.15) is 0 Å². The van der Waals surface area contributed by atoms with Crippen molar-refractivity contribution in [2.75, 3.05) is 7.11 Å². The number of benzene rings is 1. The molecule has 3 nitrogen and oxygen atoms in total. The Kier molecular flexibility index (Phi) is 2.57. The van der Waals surface area contributed by atoms with Gasteiger partial charge in [0.05, 0.1) is 0 Å². The van der Waals surface area contributed by atoms with Crippen LogP contribution in [-0.2, 0) is 0 Å². The van der Waals surface area contributed by atoms with E-state index in [-0.39, 0.29) is 0 Å². The number of rotatable bonds is 2. The van der Waals surface area contributed by atoms with Crippen LogP contribution in [0.3, 0.4) is 0 Å². The van der Waals surface area contributed by atoms with Gasteiger partial charge in [-0.25, -0.2) is 0 Å². The van der Waals surface area contributed by atoms with Gasteiger partial charge in [0.25, 0.3) is 0 Å². The Morgan fingerprint density at radius 3 is 2.50 bits per heavy atom. The van der Waals surface area contributed by atoms with E-state index in [1.807, 2.05) is 35.0 Å². The summed E-state index contributed by atoms with van der Waals surface area (Å²) in [7, 11) is 1.66. The Hall–Kier alpha value is -1.25. The van der Waals surface area contributed by atoms with Gasteiger partial charge in [-0.05, 0) is 0 Å². The zero-order chi connectivity index (χ0) is 9.97. The first-order chi connectivity index (χ1) is 6.81. The van der Waals surface area contributed by atoms with Gasteiger partial charge in [0.1, 0.15) is 0 Å². The van der Waals surface area contributed by atoms with Gasteiger partial charge >= 0.3 is 90.2 Å². The van der Waals surface area contributed by atoms with Gasteiger partial charge in [-0.3, -0.25) is 0 Å². The number of ether oxygens (including phenoxy) is 1. The Morgan fingerprint density at radius 2 is 2.00 bits per heavy atom. The molecule has 0 spiro atoms. The molecule has 0 N–H and O–H groups in total. The number of nitrogens with zero attached hydrogens (tertiary/aromatic N) is 2. The molecular weight excluding hydrogens is 243 g/mol. The van der Waals surface area contributed by atoms with E-state index in [4.69, 9.17) is 4.74 Å². The van der Waals surface area contributed by atoms with Crippen molar-refractivity contribution in [2.45, 2.75) is 0 Å². The van der Waals surface area contributed by atoms with Crippen LogP contribution >= 0.6 is 0 Å². The SMILES string of the molecule is COc1ccc(-n2ccnc2[Se])cc1. The zero-order valence-corrected chi connectivity index (χ0v) is 9.39. The summed E-state index contributed by atoms with van der Waals surface area (Å²) in [5, 5.41) is 0. The van der Waals surface area contributed by atoms with Crippen LogP contribution < -0.4 is 9.46 Å². The van der Waals surface area contributed by atoms with E-state index < -0.39 is 0 Å². The number of hydrogen-bond donors (Lipinski definition) is 0. The van der Waals surface area contributed by atoms with E-state index in [1.54, 1.807) is 13.3 Å². The first-order valence-electron chi connectivity index (χ1n) is 4.16. The van der Waals surface area contributed by atoms with Crippen LogP contribution in [0.5, 0.6) is 5.75 Å². The summed E-state index contributed by atoms with van der Waals surface area (Å²) < 4.78 is 7.91. The molecule has 0 bridgehead atoms. The predicted octanol–water partition coefficient (Wildman–Crippen LogP) is 0.675. The van der Waals surface area contributed by atoms with E-state index in [0.717, 1.165) is 16.2 Å². The molecule has 4 heteroatoms.